The van der Waals surface area contributed by atoms with Crippen LogP contribution in [0.15, 0.2) is 34.9 Å². The molecule has 0 aliphatic rings. The predicted octanol–water partition coefficient (Wildman–Crippen LogP) is 1.99. The zero-order valence-corrected chi connectivity index (χ0v) is 10.7. The van der Waals surface area contributed by atoms with Crippen molar-refractivity contribution in [1.82, 2.24) is 25.4 Å². The minimum Gasteiger partial charge on any atom is -0.361 e. The van der Waals surface area contributed by atoms with E-state index < -0.39 is 0 Å². The number of hydrogen-bond acceptors (Lipinski definition) is 5. The van der Waals surface area contributed by atoms with Gasteiger partial charge < -0.3 is 4.52 Å². The lowest BCUT2D eigenvalue weighted by Crippen LogP contribution is -2.04. The van der Waals surface area contributed by atoms with Gasteiger partial charge in [-0.05, 0) is 19.1 Å². The van der Waals surface area contributed by atoms with Crippen LogP contribution in [0.4, 0.5) is 0 Å². The van der Waals surface area contributed by atoms with E-state index in [9.17, 15) is 0 Å². The highest BCUT2D eigenvalue weighted by Crippen LogP contribution is 2.14. The summed E-state index contributed by atoms with van der Waals surface area (Å²) in [5.41, 5.74) is 2.94. The number of tetrazole rings is 1. The van der Waals surface area contributed by atoms with Gasteiger partial charge in [-0.25, -0.2) is 0 Å². The van der Waals surface area contributed by atoms with E-state index in [0.29, 0.717) is 12.4 Å². The molecule has 0 bridgehead atoms. The van der Waals surface area contributed by atoms with E-state index in [0.717, 1.165) is 17.0 Å². The number of hydrogen-bond donors (Lipinski definition) is 0. The Kier molecular flexibility index (Phi) is 2.83. The van der Waals surface area contributed by atoms with Crippen LogP contribution < -0.4 is 0 Å². The Morgan fingerprint density at radius 1 is 1.16 bits per heavy atom. The molecule has 2 aromatic heterocycles. The molecule has 0 amide bonds. The molecule has 2 heterocycles. The molecule has 0 aliphatic carbocycles. The molecule has 3 rings (SSSR count). The molecule has 0 saturated heterocycles. The normalized spacial score (nSPS) is 10.8. The summed E-state index contributed by atoms with van der Waals surface area (Å²) in [6.45, 7) is 4.35. The first-order chi connectivity index (χ1) is 9.20. The van der Waals surface area contributed by atoms with Crippen molar-refractivity contribution in [3.63, 3.8) is 0 Å². The second kappa shape index (κ2) is 4.64. The smallest absolute Gasteiger partial charge is 0.204 e. The Balaban J connectivity index is 1.81. The average molecular weight is 255 g/mol. The summed E-state index contributed by atoms with van der Waals surface area (Å²) in [5, 5.41) is 16.3. The molecule has 19 heavy (non-hydrogen) atoms. The van der Waals surface area contributed by atoms with Gasteiger partial charge in [-0.1, -0.05) is 35.0 Å². The number of benzene rings is 1. The van der Waals surface area contributed by atoms with Gasteiger partial charge in [0, 0.05) is 11.6 Å². The van der Waals surface area contributed by atoms with Crippen LogP contribution in [-0.2, 0) is 6.54 Å². The van der Waals surface area contributed by atoms with E-state index in [1.807, 2.05) is 44.2 Å². The second-order valence-corrected chi connectivity index (χ2v) is 4.44. The zero-order valence-electron chi connectivity index (χ0n) is 10.7. The molecule has 0 fully saturated rings. The van der Waals surface area contributed by atoms with Crippen molar-refractivity contribution in [2.45, 2.75) is 20.4 Å². The molecule has 0 radical (unpaired) electrons. The van der Waals surface area contributed by atoms with Crippen molar-refractivity contribution in [3.05, 3.63) is 47.3 Å². The number of nitrogens with zero attached hydrogens (tertiary/aromatic N) is 5. The third-order valence-corrected chi connectivity index (χ3v) is 2.74. The van der Waals surface area contributed by atoms with Crippen molar-refractivity contribution >= 4 is 0 Å². The zero-order chi connectivity index (χ0) is 13.2. The van der Waals surface area contributed by atoms with Crippen molar-refractivity contribution < 1.29 is 4.52 Å². The van der Waals surface area contributed by atoms with E-state index in [-0.39, 0.29) is 0 Å². The first-order valence-corrected chi connectivity index (χ1v) is 5.98. The third-order valence-electron chi connectivity index (χ3n) is 2.74. The molecular weight excluding hydrogens is 242 g/mol. The molecule has 0 unspecified atom stereocenters. The minimum absolute atomic E-state index is 0.455. The molecule has 6 heteroatoms. The summed E-state index contributed by atoms with van der Waals surface area (Å²) >= 11 is 0. The summed E-state index contributed by atoms with van der Waals surface area (Å²) in [6.07, 6.45) is 0. The number of rotatable bonds is 3. The van der Waals surface area contributed by atoms with Crippen LogP contribution in [0.5, 0.6) is 0 Å². The fourth-order valence-corrected chi connectivity index (χ4v) is 1.77. The maximum Gasteiger partial charge on any atom is 0.204 e. The Morgan fingerprint density at radius 2 is 1.95 bits per heavy atom. The predicted molar refractivity (Wildman–Crippen MR) is 68.3 cm³/mol. The quantitative estimate of drug-likeness (QED) is 0.715. The van der Waals surface area contributed by atoms with E-state index in [4.69, 9.17) is 4.52 Å². The molecule has 0 spiro atoms. The van der Waals surface area contributed by atoms with E-state index in [1.165, 1.54) is 10.4 Å². The highest BCUT2D eigenvalue weighted by molar-refractivity contribution is 5.53. The van der Waals surface area contributed by atoms with Crippen LogP contribution in [-0.4, -0.2) is 25.4 Å². The monoisotopic (exact) mass is 255 g/mol. The van der Waals surface area contributed by atoms with Gasteiger partial charge in [0.05, 0.1) is 0 Å². The average Bonchev–Trinajstić information content (AvgIpc) is 3.00. The SMILES string of the molecule is Cc1ccc(-c2nnn(Cc3cc(C)on3)n2)cc1. The van der Waals surface area contributed by atoms with Crippen molar-refractivity contribution in [1.29, 1.82) is 0 Å². The Hall–Kier alpha value is -2.50. The highest BCUT2D eigenvalue weighted by Gasteiger charge is 2.08. The van der Waals surface area contributed by atoms with Crippen molar-refractivity contribution in [2.24, 2.45) is 0 Å². The first kappa shape index (κ1) is 11.6. The lowest BCUT2D eigenvalue weighted by atomic mass is 10.1. The Morgan fingerprint density at radius 3 is 2.63 bits per heavy atom. The standard InChI is InChI=1S/C13H13N5O/c1-9-3-5-11(6-4-9)13-14-17-18(15-13)8-12-7-10(2)19-16-12/h3-7H,8H2,1-2H3. The summed E-state index contributed by atoms with van der Waals surface area (Å²) in [6, 6.07) is 9.87. The van der Waals surface area contributed by atoms with Crippen molar-refractivity contribution in [2.75, 3.05) is 0 Å². The lowest BCUT2D eigenvalue weighted by molar-refractivity contribution is 0.385. The van der Waals surface area contributed by atoms with Gasteiger partial charge in [-0.2, -0.15) is 4.80 Å². The maximum absolute atomic E-state index is 5.00. The highest BCUT2D eigenvalue weighted by atomic mass is 16.5. The summed E-state index contributed by atoms with van der Waals surface area (Å²) < 4.78 is 5.00. The van der Waals surface area contributed by atoms with E-state index in [1.54, 1.807) is 0 Å². The van der Waals surface area contributed by atoms with Crippen LogP contribution in [0.1, 0.15) is 17.0 Å². The molecule has 1 aromatic carbocycles. The van der Waals surface area contributed by atoms with Gasteiger partial charge in [0.2, 0.25) is 5.82 Å². The van der Waals surface area contributed by atoms with Gasteiger partial charge in [-0.15, -0.1) is 10.2 Å². The molecule has 0 saturated carbocycles. The summed E-state index contributed by atoms with van der Waals surface area (Å²) in [4.78, 5) is 1.51. The lowest BCUT2D eigenvalue weighted by Gasteiger charge is -1.95. The van der Waals surface area contributed by atoms with Crippen LogP contribution in [0.3, 0.4) is 0 Å². The fourth-order valence-electron chi connectivity index (χ4n) is 1.77. The van der Waals surface area contributed by atoms with Gasteiger partial charge in [0.25, 0.3) is 0 Å². The first-order valence-electron chi connectivity index (χ1n) is 5.98. The molecule has 3 aromatic rings. The van der Waals surface area contributed by atoms with E-state index >= 15 is 0 Å². The van der Waals surface area contributed by atoms with Gasteiger partial charge >= 0.3 is 0 Å². The fraction of sp³-hybridized carbons (Fsp3) is 0.231. The molecular formula is C13H13N5O. The number of aryl methyl sites for hydroxylation is 2. The molecule has 96 valence electrons. The van der Waals surface area contributed by atoms with Gasteiger partial charge in [0.1, 0.15) is 18.0 Å². The Labute approximate surface area is 110 Å². The van der Waals surface area contributed by atoms with Crippen LogP contribution in [0.2, 0.25) is 0 Å². The second-order valence-electron chi connectivity index (χ2n) is 4.44. The van der Waals surface area contributed by atoms with Gasteiger partial charge in [0.15, 0.2) is 0 Å². The van der Waals surface area contributed by atoms with Crippen LogP contribution in [0, 0.1) is 13.8 Å². The topological polar surface area (TPSA) is 69.6 Å². The summed E-state index contributed by atoms with van der Waals surface area (Å²) in [7, 11) is 0. The minimum atomic E-state index is 0.455. The van der Waals surface area contributed by atoms with Crippen LogP contribution in [0.25, 0.3) is 11.4 Å². The van der Waals surface area contributed by atoms with Crippen molar-refractivity contribution in [3.8, 4) is 11.4 Å². The molecule has 0 atom stereocenters. The summed E-state index contributed by atoms with van der Waals surface area (Å²) in [5.74, 6) is 1.38. The molecule has 0 aliphatic heterocycles. The van der Waals surface area contributed by atoms with Crippen LogP contribution >= 0.6 is 0 Å². The molecule has 6 nitrogen and oxygen atoms in total. The van der Waals surface area contributed by atoms with E-state index in [2.05, 4.69) is 20.6 Å². The Bertz CT molecular complexity index is 683. The molecule has 0 N–H and O–H groups in total. The maximum atomic E-state index is 5.00. The number of aromatic nitrogens is 5. The van der Waals surface area contributed by atoms with Gasteiger partial charge in [-0.3, -0.25) is 0 Å². The third kappa shape index (κ3) is 2.52. The largest absolute Gasteiger partial charge is 0.361 e.